The maximum atomic E-state index is 12.7. The van der Waals surface area contributed by atoms with Gasteiger partial charge < -0.3 is 14.5 Å². The molecule has 6 nitrogen and oxygen atoms in total. The zero-order valence-electron chi connectivity index (χ0n) is 14.6. The van der Waals surface area contributed by atoms with E-state index in [2.05, 4.69) is 4.98 Å². The smallest absolute Gasteiger partial charge is 0.282 e. The van der Waals surface area contributed by atoms with E-state index < -0.39 is 0 Å². The fourth-order valence-electron chi connectivity index (χ4n) is 2.77. The highest BCUT2D eigenvalue weighted by Gasteiger charge is 2.24. The number of nitrogens with zero attached hydrogens (tertiary/aromatic N) is 3. The van der Waals surface area contributed by atoms with Crippen molar-refractivity contribution in [3.05, 3.63) is 45.4 Å². The van der Waals surface area contributed by atoms with E-state index in [1.807, 2.05) is 4.90 Å². The van der Waals surface area contributed by atoms with E-state index in [-0.39, 0.29) is 11.8 Å². The minimum Gasteiger partial charge on any atom is -0.497 e. The molecule has 0 saturated carbocycles. The molecule has 0 bridgehead atoms. The van der Waals surface area contributed by atoms with Gasteiger partial charge in [0.1, 0.15) is 5.75 Å². The van der Waals surface area contributed by atoms with Gasteiger partial charge >= 0.3 is 0 Å². The van der Waals surface area contributed by atoms with Crippen LogP contribution in [-0.2, 0) is 12.8 Å². The lowest BCUT2D eigenvalue weighted by Gasteiger charge is -2.20. The average molecular weight is 359 g/mol. The van der Waals surface area contributed by atoms with E-state index in [4.69, 9.17) is 4.74 Å². The van der Waals surface area contributed by atoms with Gasteiger partial charge in [-0.25, -0.2) is 4.98 Å². The first kappa shape index (κ1) is 17.4. The Morgan fingerprint density at radius 1 is 1.16 bits per heavy atom. The molecular weight excluding hydrogens is 338 g/mol. The lowest BCUT2D eigenvalue weighted by molar-refractivity contribution is 0.0761. The number of methoxy groups -OCH3 is 1. The standard InChI is InChI=1S/C18H21N3O3S/c1-20(2)18(23)16-19-14-8-10-21(11-9-15(14)25-16)17(22)12-4-6-13(24-3)7-5-12/h4-7H,8-11H2,1-3H3. The van der Waals surface area contributed by atoms with Gasteiger partial charge in [-0.2, -0.15) is 0 Å². The SMILES string of the molecule is COc1ccc(C(=O)N2CCc3nc(C(=O)N(C)C)sc3CC2)cc1. The van der Waals surface area contributed by atoms with Gasteiger partial charge in [-0.15, -0.1) is 11.3 Å². The second kappa shape index (κ2) is 7.23. The van der Waals surface area contributed by atoms with Crippen LogP contribution in [0.1, 0.15) is 30.7 Å². The first-order chi connectivity index (χ1) is 12.0. The van der Waals surface area contributed by atoms with E-state index in [9.17, 15) is 9.59 Å². The number of amides is 2. The molecule has 0 N–H and O–H groups in total. The summed E-state index contributed by atoms with van der Waals surface area (Å²) in [6, 6.07) is 7.16. The van der Waals surface area contributed by atoms with Crippen molar-refractivity contribution in [1.82, 2.24) is 14.8 Å². The maximum absolute atomic E-state index is 12.7. The van der Waals surface area contributed by atoms with Crippen molar-refractivity contribution in [2.75, 3.05) is 34.3 Å². The number of thiazole rings is 1. The van der Waals surface area contributed by atoms with E-state index in [1.165, 1.54) is 16.2 Å². The Morgan fingerprint density at radius 2 is 1.84 bits per heavy atom. The van der Waals surface area contributed by atoms with E-state index in [0.717, 1.165) is 22.7 Å². The predicted octanol–water partition coefficient (Wildman–Crippen LogP) is 2.09. The van der Waals surface area contributed by atoms with Gasteiger partial charge in [-0.05, 0) is 24.3 Å². The molecule has 1 aliphatic rings. The molecule has 0 unspecified atom stereocenters. The summed E-state index contributed by atoms with van der Waals surface area (Å²) in [5.74, 6) is 0.684. The van der Waals surface area contributed by atoms with Crippen LogP contribution in [0.4, 0.5) is 0 Å². The van der Waals surface area contributed by atoms with Gasteiger partial charge in [0.05, 0.1) is 12.8 Å². The second-order valence-electron chi connectivity index (χ2n) is 6.11. The molecule has 25 heavy (non-hydrogen) atoms. The Hall–Kier alpha value is -2.41. The van der Waals surface area contributed by atoms with Crippen molar-refractivity contribution in [1.29, 1.82) is 0 Å². The molecule has 1 aromatic carbocycles. The van der Waals surface area contributed by atoms with Crippen LogP contribution in [0.3, 0.4) is 0 Å². The zero-order chi connectivity index (χ0) is 18.0. The molecular formula is C18H21N3O3S. The molecule has 0 radical (unpaired) electrons. The monoisotopic (exact) mass is 359 g/mol. The van der Waals surface area contributed by atoms with Crippen molar-refractivity contribution in [3.8, 4) is 5.75 Å². The molecule has 2 heterocycles. The minimum atomic E-state index is -0.0655. The predicted molar refractivity (Wildman–Crippen MR) is 96.4 cm³/mol. The van der Waals surface area contributed by atoms with Gasteiger partial charge in [0.25, 0.3) is 11.8 Å². The molecule has 0 saturated heterocycles. The molecule has 0 atom stereocenters. The quantitative estimate of drug-likeness (QED) is 0.842. The summed E-state index contributed by atoms with van der Waals surface area (Å²) in [5.41, 5.74) is 1.60. The fourth-order valence-corrected chi connectivity index (χ4v) is 3.88. The molecule has 0 aliphatic carbocycles. The zero-order valence-corrected chi connectivity index (χ0v) is 15.4. The number of fused-ring (bicyclic) bond motifs is 1. The molecule has 7 heteroatoms. The topological polar surface area (TPSA) is 62.7 Å². The summed E-state index contributed by atoms with van der Waals surface area (Å²) in [6.07, 6.45) is 1.41. The number of hydrogen-bond donors (Lipinski definition) is 0. The molecule has 0 spiro atoms. The van der Waals surface area contributed by atoms with Crippen LogP contribution in [0.2, 0.25) is 0 Å². The number of benzene rings is 1. The van der Waals surface area contributed by atoms with Crippen molar-refractivity contribution in [2.24, 2.45) is 0 Å². The Morgan fingerprint density at radius 3 is 2.48 bits per heavy atom. The van der Waals surface area contributed by atoms with Crippen LogP contribution in [-0.4, -0.2) is 60.9 Å². The van der Waals surface area contributed by atoms with Gasteiger partial charge in [-0.3, -0.25) is 9.59 Å². The number of carbonyl (C=O) groups excluding carboxylic acids is 2. The first-order valence-electron chi connectivity index (χ1n) is 8.13. The van der Waals surface area contributed by atoms with Crippen molar-refractivity contribution in [2.45, 2.75) is 12.8 Å². The molecule has 2 amide bonds. The second-order valence-corrected chi connectivity index (χ2v) is 7.19. The minimum absolute atomic E-state index is 0.0161. The number of aromatic nitrogens is 1. The Kier molecular flexibility index (Phi) is 5.03. The van der Waals surface area contributed by atoms with Crippen molar-refractivity contribution >= 4 is 23.2 Å². The van der Waals surface area contributed by atoms with Crippen LogP contribution in [0, 0.1) is 0 Å². The summed E-state index contributed by atoms with van der Waals surface area (Å²) in [7, 11) is 5.06. The van der Waals surface area contributed by atoms with Crippen molar-refractivity contribution < 1.29 is 14.3 Å². The average Bonchev–Trinajstić information content (AvgIpc) is 2.93. The number of ether oxygens (including phenoxy) is 1. The highest BCUT2D eigenvalue weighted by Crippen LogP contribution is 2.24. The normalized spacial score (nSPS) is 13.8. The molecule has 1 aliphatic heterocycles. The van der Waals surface area contributed by atoms with E-state index in [0.29, 0.717) is 30.1 Å². The first-order valence-corrected chi connectivity index (χ1v) is 8.95. The maximum Gasteiger partial charge on any atom is 0.282 e. The molecule has 132 valence electrons. The van der Waals surface area contributed by atoms with E-state index >= 15 is 0 Å². The van der Waals surface area contributed by atoms with Gasteiger partial charge in [-0.1, -0.05) is 0 Å². The van der Waals surface area contributed by atoms with Crippen molar-refractivity contribution in [3.63, 3.8) is 0 Å². The highest BCUT2D eigenvalue weighted by molar-refractivity contribution is 7.13. The van der Waals surface area contributed by atoms with Crippen LogP contribution in [0.15, 0.2) is 24.3 Å². The summed E-state index contributed by atoms with van der Waals surface area (Å²) in [6.45, 7) is 1.24. The fraction of sp³-hybridized carbons (Fsp3) is 0.389. The number of rotatable bonds is 3. The van der Waals surface area contributed by atoms with Gasteiger partial charge in [0, 0.05) is 50.5 Å². The van der Waals surface area contributed by atoms with Crippen LogP contribution in [0.25, 0.3) is 0 Å². The third kappa shape index (κ3) is 3.66. The number of carbonyl (C=O) groups is 2. The largest absolute Gasteiger partial charge is 0.497 e. The molecule has 0 fully saturated rings. The summed E-state index contributed by atoms with van der Waals surface area (Å²) in [5, 5.41) is 0.532. The lowest BCUT2D eigenvalue weighted by Crippen LogP contribution is -2.33. The molecule has 1 aromatic heterocycles. The molecule has 3 rings (SSSR count). The Labute approximate surface area is 151 Å². The van der Waals surface area contributed by atoms with E-state index in [1.54, 1.807) is 45.5 Å². The van der Waals surface area contributed by atoms with Crippen LogP contribution < -0.4 is 4.74 Å². The summed E-state index contributed by atoms with van der Waals surface area (Å²) in [4.78, 5) is 33.7. The van der Waals surface area contributed by atoms with Gasteiger partial charge in [0.2, 0.25) is 0 Å². The number of hydrogen-bond acceptors (Lipinski definition) is 5. The Balaban J connectivity index is 1.70. The lowest BCUT2D eigenvalue weighted by atomic mass is 10.2. The summed E-state index contributed by atoms with van der Waals surface area (Å²) < 4.78 is 5.13. The van der Waals surface area contributed by atoms with Crippen LogP contribution in [0.5, 0.6) is 5.75 Å². The Bertz CT molecular complexity index is 758. The van der Waals surface area contributed by atoms with Gasteiger partial charge in [0.15, 0.2) is 5.01 Å². The third-order valence-corrected chi connectivity index (χ3v) is 5.36. The molecule has 2 aromatic rings. The van der Waals surface area contributed by atoms with Crippen LogP contribution >= 0.6 is 11.3 Å². The summed E-state index contributed by atoms with van der Waals surface area (Å²) >= 11 is 1.44. The third-order valence-electron chi connectivity index (χ3n) is 4.22. The highest BCUT2D eigenvalue weighted by atomic mass is 32.1.